The summed E-state index contributed by atoms with van der Waals surface area (Å²) in [7, 11) is 0. The van der Waals surface area contributed by atoms with Crippen molar-refractivity contribution in [1.29, 1.82) is 0 Å². The third-order valence-electron chi connectivity index (χ3n) is 0.378. The molecule has 0 amide bonds. The molecule has 0 bridgehead atoms. The Labute approximate surface area is 76.9 Å². The quantitative estimate of drug-likeness (QED) is 0.627. The van der Waals surface area contributed by atoms with Crippen LogP contribution in [0.5, 0.6) is 0 Å². The van der Waals surface area contributed by atoms with Gasteiger partial charge >= 0.3 is 0 Å². The van der Waals surface area contributed by atoms with E-state index in [2.05, 4.69) is 63.7 Å². The maximum Gasteiger partial charge on any atom is 0.135 e. The zero-order chi connectivity index (χ0) is 5.91. The van der Waals surface area contributed by atoms with Crippen LogP contribution in [0.15, 0.2) is 0 Å². The zero-order valence-corrected chi connectivity index (χ0v) is 9.77. The van der Waals surface area contributed by atoms with Gasteiger partial charge in [-0.1, -0.05) is 63.7 Å². The van der Waals surface area contributed by atoms with Gasteiger partial charge in [0.25, 0.3) is 0 Å². The molecule has 44 valence electrons. The Hall–Kier alpha value is 1.92. The summed E-state index contributed by atoms with van der Waals surface area (Å²) in [5, 5.41) is 0.981. The summed E-state index contributed by atoms with van der Waals surface area (Å²) in [4.78, 5) is 0. The van der Waals surface area contributed by atoms with E-state index >= 15 is 0 Å². The molecule has 0 saturated carbocycles. The van der Waals surface area contributed by atoms with Gasteiger partial charge in [0, 0.05) is 5.33 Å². The van der Waals surface area contributed by atoms with E-state index in [0.29, 0.717) is 0 Å². The molecule has 0 N–H and O–H groups in total. The summed E-state index contributed by atoms with van der Waals surface area (Å²) in [5.41, 5.74) is 0. The Morgan fingerprint density at radius 3 is 1.57 bits per heavy atom. The van der Waals surface area contributed by atoms with Crippen molar-refractivity contribution in [3.8, 4) is 0 Å². The van der Waals surface area contributed by atoms with Gasteiger partial charge in [0.05, 0.1) is 0 Å². The topological polar surface area (TPSA) is 0 Å². The smallest absolute Gasteiger partial charge is 0.0927 e. The monoisotopic (exact) mass is 356 g/mol. The van der Waals surface area contributed by atoms with Crippen molar-refractivity contribution in [2.45, 2.75) is 8.56 Å². The lowest BCUT2D eigenvalue weighted by Crippen LogP contribution is -1.97. The first-order valence-corrected chi connectivity index (χ1v) is 5.19. The fourth-order valence-electron chi connectivity index (χ4n) is 0.107. The number of alkyl halides is 4. The highest BCUT2D eigenvalue weighted by molar-refractivity contribution is 9.39. The molecule has 0 aliphatic carbocycles. The van der Waals surface area contributed by atoms with Gasteiger partial charge in [-0.3, -0.25) is 0 Å². The Kier molecular flexibility index (Phi) is 4.91. The van der Waals surface area contributed by atoms with Gasteiger partial charge in [-0.15, -0.1) is 0 Å². The highest BCUT2D eigenvalue weighted by Crippen LogP contribution is 2.37. The van der Waals surface area contributed by atoms with Crippen molar-refractivity contribution in [2.24, 2.45) is 0 Å². The molecule has 0 aromatic heterocycles. The van der Waals surface area contributed by atoms with Crippen molar-refractivity contribution in [1.82, 2.24) is 0 Å². The van der Waals surface area contributed by atoms with Crippen LogP contribution in [0.4, 0.5) is 0 Å². The first kappa shape index (κ1) is 8.92. The molecular formula is C3H4Br4. The molecule has 0 heterocycles. The molecule has 7 heavy (non-hydrogen) atoms. The van der Waals surface area contributed by atoms with Crippen LogP contribution in [0.1, 0.15) is 6.42 Å². The molecule has 0 aliphatic rings. The predicted molar refractivity (Wildman–Crippen MR) is 47.9 cm³/mol. The first-order chi connectivity index (χ1) is 3.06. The Morgan fingerprint density at radius 2 is 1.57 bits per heavy atom. The average Bonchev–Trinajstić information content (AvgIpc) is 1.30. The molecule has 0 nitrogen and oxygen atoms in total. The van der Waals surface area contributed by atoms with E-state index in [1.165, 1.54) is 0 Å². The fraction of sp³-hybridized carbons (Fsp3) is 1.00. The average molecular weight is 360 g/mol. The highest BCUT2D eigenvalue weighted by atomic mass is 80.0. The molecule has 0 spiro atoms. The van der Waals surface area contributed by atoms with Crippen LogP contribution < -0.4 is 0 Å². The van der Waals surface area contributed by atoms with Crippen molar-refractivity contribution >= 4 is 63.7 Å². The number of halogens is 4. The molecule has 0 rings (SSSR count). The van der Waals surface area contributed by atoms with Crippen LogP contribution in [0.2, 0.25) is 0 Å². The minimum absolute atomic E-state index is 0.0590. The number of hydrogen-bond acceptors (Lipinski definition) is 0. The van der Waals surface area contributed by atoms with Gasteiger partial charge in [-0.05, 0) is 6.42 Å². The Morgan fingerprint density at radius 1 is 1.14 bits per heavy atom. The van der Waals surface area contributed by atoms with Gasteiger partial charge in [0.1, 0.15) is 2.14 Å². The first-order valence-electron chi connectivity index (χ1n) is 1.69. The zero-order valence-electron chi connectivity index (χ0n) is 3.43. The lowest BCUT2D eigenvalue weighted by molar-refractivity contribution is 1.07. The van der Waals surface area contributed by atoms with E-state index < -0.39 is 0 Å². The molecule has 0 aliphatic heterocycles. The van der Waals surface area contributed by atoms with Gasteiger partial charge in [-0.25, -0.2) is 0 Å². The summed E-state index contributed by atoms with van der Waals surface area (Å²) in [6, 6.07) is 0. The molecule has 0 saturated heterocycles. The van der Waals surface area contributed by atoms with E-state index in [0.717, 1.165) is 11.8 Å². The summed E-state index contributed by atoms with van der Waals surface area (Å²) < 4.78 is -0.0590. The largest absolute Gasteiger partial charge is 0.135 e. The summed E-state index contributed by atoms with van der Waals surface area (Å²) in [5.74, 6) is 0. The van der Waals surface area contributed by atoms with Crippen molar-refractivity contribution in [2.75, 3.05) is 5.33 Å². The van der Waals surface area contributed by atoms with Crippen LogP contribution in [0.25, 0.3) is 0 Å². The predicted octanol–water partition coefficient (Wildman–Crippen LogP) is 3.61. The second-order valence-electron chi connectivity index (χ2n) is 1.05. The molecular weight excluding hydrogens is 356 g/mol. The summed E-state index contributed by atoms with van der Waals surface area (Å²) >= 11 is 13.3. The number of rotatable bonds is 1. The molecule has 0 aromatic carbocycles. The van der Waals surface area contributed by atoms with Crippen molar-refractivity contribution in [3.05, 3.63) is 0 Å². The van der Waals surface area contributed by atoms with Crippen LogP contribution in [-0.2, 0) is 0 Å². The fourth-order valence-corrected chi connectivity index (χ4v) is 2.89. The van der Waals surface area contributed by atoms with Crippen molar-refractivity contribution < 1.29 is 0 Å². The van der Waals surface area contributed by atoms with Gasteiger partial charge in [-0.2, -0.15) is 0 Å². The van der Waals surface area contributed by atoms with E-state index in [1.54, 1.807) is 0 Å². The van der Waals surface area contributed by atoms with Crippen molar-refractivity contribution in [3.63, 3.8) is 0 Å². The van der Waals surface area contributed by atoms with Crippen LogP contribution >= 0.6 is 63.7 Å². The van der Waals surface area contributed by atoms with E-state index in [1.807, 2.05) is 0 Å². The summed E-state index contributed by atoms with van der Waals surface area (Å²) in [6.07, 6.45) is 1.01. The molecule has 0 atom stereocenters. The molecule has 0 unspecified atom stereocenters. The second-order valence-corrected chi connectivity index (χ2v) is 9.10. The molecule has 4 heteroatoms. The molecule has 0 aromatic rings. The minimum Gasteiger partial charge on any atom is -0.0927 e. The van der Waals surface area contributed by atoms with E-state index in [4.69, 9.17) is 0 Å². The number of hydrogen-bond donors (Lipinski definition) is 0. The normalized spacial score (nSPS) is 12.0. The van der Waals surface area contributed by atoms with E-state index in [-0.39, 0.29) is 2.14 Å². The van der Waals surface area contributed by atoms with Crippen LogP contribution in [0, 0.1) is 0 Å². The maximum absolute atomic E-state index is 3.34. The lowest BCUT2D eigenvalue weighted by atomic mass is 10.6. The van der Waals surface area contributed by atoms with Crippen LogP contribution in [0.3, 0.4) is 0 Å². The standard InChI is InChI=1S/C3H4Br4/c4-2-1-3(5,6)7/h1-2H2. The Balaban J connectivity index is 3.15. The van der Waals surface area contributed by atoms with Gasteiger partial charge in [0.15, 0.2) is 0 Å². The van der Waals surface area contributed by atoms with E-state index in [9.17, 15) is 0 Å². The molecule has 0 fully saturated rings. The summed E-state index contributed by atoms with van der Waals surface area (Å²) in [6.45, 7) is 0. The third kappa shape index (κ3) is 7.92. The Bertz CT molecular complexity index is 45.4. The maximum atomic E-state index is 3.34. The third-order valence-corrected chi connectivity index (χ3v) is 1.96. The molecule has 0 radical (unpaired) electrons. The SMILES string of the molecule is BrCCC(Br)(Br)Br. The van der Waals surface area contributed by atoms with Gasteiger partial charge < -0.3 is 0 Å². The van der Waals surface area contributed by atoms with Gasteiger partial charge in [0.2, 0.25) is 0 Å². The van der Waals surface area contributed by atoms with Crippen LogP contribution in [-0.4, -0.2) is 7.47 Å². The minimum atomic E-state index is -0.0590. The lowest BCUT2D eigenvalue weighted by Gasteiger charge is -2.06. The second kappa shape index (κ2) is 3.85. The highest BCUT2D eigenvalue weighted by Gasteiger charge is 2.14.